The minimum absolute atomic E-state index is 0.261. The Balaban J connectivity index is 2.20. The summed E-state index contributed by atoms with van der Waals surface area (Å²) in [5.41, 5.74) is 2.03. The first-order chi connectivity index (χ1) is 9.99. The predicted molar refractivity (Wildman–Crippen MR) is 78.1 cm³/mol. The summed E-state index contributed by atoms with van der Waals surface area (Å²) in [6.45, 7) is 2.20. The van der Waals surface area contributed by atoms with Gasteiger partial charge in [-0.25, -0.2) is 4.39 Å². The van der Waals surface area contributed by atoms with Gasteiger partial charge in [-0.1, -0.05) is 6.07 Å². The van der Waals surface area contributed by atoms with Crippen molar-refractivity contribution >= 4 is 11.4 Å². The molecule has 0 aliphatic rings. The first-order valence-electron chi connectivity index (χ1n) is 6.32. The van der Waals surface area contributed by atoms with Crippen LogP contribution in [0.15, 0.2) is 36.4 Å². The minimum Gasteiger partial charge on any atom is -0.495 e. The van der Waals surface area contributed by atoms with Gasteiger partial charge in [-0.15, -0.1) is 0 Å². The van der Waals surface area contributed by atoms with Crippen molar-refractivity contribution in [3.63, 3.8) is 0 Å². The molecule has 2 aromatic carbocycles. The van der Waals surface area contributed by atoms with Gasteiger partial charge in [-0.2, -0.15) is 0 Å². The molecule has 0 fully saturated rings. The third-order valence-corrected chi connectivity index (χ3v) is 2.99. The smallest absolute Gasteiger partial charge is 0.272 e. The number of benzene rings is 2. The summed E-state index contributed by atoms with van der Waals surface area (Å²) >= 11 is 0. The summed E-state index contributed by atoms with van der Waals surface area (Å²) in [6.07, 6.45) is 0. The second-order valence-corrected chi connectivity index (χ2v) is 4.63. The highest BCUT2D eigenvalue weighted by molar-refractivity contribution is 5.58. The molecule has 2 aromatic rings. The number of methoxy groups -OCH3 is 1. The van der Waals surface area contributed by atoms with Crippen LogP contribution in [0.3, 0.4) is 0 Å². The highest BCUT2D eigenvalue weighted by Crippen LogP contribution is 2.26. The first kappa shape index (κ1) is 14.8. The third-order valence-electron chi connectivity index (χ3n) is 2.99. The van der Waals surface area contributed by atoms with E-state index in [-0.39, 0.29) is 12.2 Å². The van der Waals surface area contributed by atoms with Gasteiger partial charge in [0.2, 0.25) is 0 Å². The van der Waals surface area contributed by atoms with Crippen molar-refractivity contribution in [1.82, 2.24) is 0 Å². The van der Waals surface area contributed by atoms with Gasteiger partial charge in [0, 0.05) is 12.6 Å². The number of nitro groups is 1. The number of nitrogens with one attached hydrogen (secondary N) is 1. The monoisotopic (exact) mass is 290 g/mol. The van der Waals surface area contributed by atoms with Gasteiger partial charge in [-0.05, 0) is 36.2 Å². The van der Waals surface area contributed by atoms with E-state index in [4.69, 9.17) is 4.74 Å². The van der Waals surface area contributed by atoms with Crippen molar-refractivity contribution in [3.05, 3.63) is 63.5 Å². The van der Waals surface area contributed by atoms with Crippen LogP contribution in [0.25, 0.3) is 0 Å². The number of nitro benzene ring substituents is 1. The first-order valence-corrected chi connectivity index (χ1v) is 6.32. The lowest BCUT2D eigenvalue weighted by molar-refractivity contribution is -0.385. The Kier molecular flexibility index (Phi) is 4.37. The molecular formula is C15H15FN2O3. The zero-order valence-corrected chi connectivity index (χ0v) is 11.7. The molecule has 2 rings (SSSR count). The highest BCUT2D eigenvalue weighted by Gasteiger charge is 2.10. The number of hydrogen-bond donors (Lipinski definition) is 1. The minimum atomic E-state index is -0.628. The molecule has 0 aromatic heterocycles. The van der Waals surface area contributed by atoms with Crippen LogP contribution in [0.1, 0.15) is 11.1 Å². The number of nitrogens with zero attached hydrogens (tertiary/aromatic N) is 1. The lowest BCUT2D eigenvalue weighted by Crippen LogP contribution is -2.03. The van der Waals surface area contributed by atoms with Gasteiger partial charge in [0.1, 0.15) is 11.6 Å². The molecule has 6 heteroatoms. The van der Waals surface area contributed by atoms with E-state index < -0.39 is 10.7 Å². The van der Waals surface area contributed by atoms with E-state index >= 15 is 0 Å². The summed E-state index contributed by atoms with van der Waals surface area (Å²) in [6, 6.07) is 9.15. The van der Waals surface area contributed by atoms with Crippen LogP contribution in [0.4, 0.5) is 15.8 Å². The average molecular weight is 290 g/mol. The molecule has 0 saturated carbocycles. The fourth-order valence-corrected chi connectivity index (χ4v) is 2.00. The topological polar surface area (TPSA) is 64.4 Å². The number of rotatable bonds is 5. The van der Waals surface area contributed by atoms with Crippen molar-refractivity contribution in [2.45, 2.75) is 13.5 Å². The summed E-state index contributed by atoms with van der Waals surface area (Å²) in [5, 5.41) is 13.8. The van der Waals surface area contributed by atoms with Gasteiger partial charge in [0.15, 0.2) is 0 Å². The maximum atomic E-state index is 13.4. The van der Waals surface area contributed by atoms with Crippen molar-refractivity contribution in [1.29, 1.82) is 0 Å². The molecule has 110 valence electrons. The van der Waals surface area contributed by atoms with E-state index in [1.165, 1.54) is 12.1 Å². The molecule has 0 saturated heterocycles. The molecule has 0 heterocycles. The quantitative estimate of drug-likeness (QED) is 0.674. The van der Waals surface area contributed by atoms with Crippen LogP contribution in [0.2, 0.25) is 0 Å². The Morgan fingerprint density at radius 3 is 2.71 bits per heavy atom. The standard InChI is InChI=1S/C15H15FN2O3/c1-10-3-4-15(21-2)14(5-10)17-9-11-6-12(16)8-13(7-11)18(19)20/h3-8,17H,9H2,1-2H3. The van der Waals surface area contributed by atoms with Crippen LogP contribution in [0.5, 0.6) is 5.75 Å². The largest absolute Gasteiger partial charge is 0.495 e. The van der Waals surface area contributed by atoms with Gasteiger partial charge < -0.3 is 10.1 Å². The van der Waals surface area contributed by atoms with Crippen molar-refractivity contribution in [3.8, 4) is 5.75 Å². The van der Waals surface area contributed by atoms with Crippen LogP contribution in [-0.4, -0.2) is 12.0 Å². The van der Waals surface area contributed by atoms with Crippen molar-refractivity contribution in [2.24, 2.45) is 0 Å². The molecule has 0 aliphatic carbocycles. The van der Waals surface area contributed by atoms with E-state index in [2.05, 4.69) is 5.32 Å². The van der Waals surface area contributed by atoms with Crippen LogP contribution < -0.4 is 10.1 Å². The van der Waals surface area contributed by atoms with E-state index in [1.807, 2.05) is 25.1 Å². The summed E-state index contributed by atoms with van der Waals surface area (Å²) in [5.74, 6) is 0.0312. The number of ether oxygens (including phenoxy) is 1. The Labute approximate surface area is 121 Å². The second kappa shape index (κ2) is 6.21. The lowest BCUT2D eigenvalue weighted by Gasteiger charge is -2.12. The van der Waals surface area contributed by atoms with E-state index in [1.54, 1.807) is 7.11 Å². The van der Waals surface area contributed by atoms with Crippen molar-refractivity contribution < 1.29 is 14.1 Å². The summed E-state index contributed by atoms with van der Waals surface area (Å²) in [4.78, 5) is 10.1. The molecule has 0 unspecified atom stereocenters. The molecule has 1 N–H and O–H groups in total. The summed E-state index contributed by atoms with van der Waals surface area (Å²) < 4.78 is 18.6. The number of anilines is 1. The van der Waals surface area contributed by atoms with Crippen LogP contribution in [0, 0.1) is 22.9 Å². The predicted octanol–water partition coefficient (Wildman–Crippen LogP) is 3.66. The van der Waals surface area contributed by atoms with E-state index in [9.17, 15) is 14.5 Å². The van der Waals surface area contributed by atoms with Crippen LogP contribution in [-0.2, 0) is 6.54 Å². The second-order valence-electron chi connectivity index (χ2n) is 4.63. The number of halogens is 1. The van der Waals surface area contributed by atoms with Crippen LogP contribution >= 0.6 is 0 Å². The Bertz CT molecular complexity index is 674. The zero-order valence-electron chi connectivity index (χ0n) is 11.7. The maximum absolute atomic E-state index is 13.4. The number of non-ortho nitro benzene ring substituents is 1. The molecule has 0 amide bonds. The van der Waals surface area contributed by atoms with Gasteiger partial charge in [0.05, 0.1) is 23.8 Å². The SMILES string of the molecule is COc1ccc(C)cc1NCc1cc(F)cc([N+](=O)[O-])c1. The van der Waals surface area contributed by atoms with Gasteiger partial charge >= 0.3 is 0 Å². The molecule has 0 bridgehead atoms. The molecular weight excluding hydrogens is 275 g/mol. The average Bonchev–Trinajstić information content (AvgIpc) is 2.44. The Hall–Kier alpha value is -2.63. The van der Waals surface area contributed by atoms with Crippen molar-refractivity contribution in [2.75, 3.05) is 12.4 Å². The van der Waals surface area contributed by atoms with E-state index in [0.717, 1.165) is 17.3 Å². The van der Waals surface area contributed by atoms with Gasteiger partial charge in [0.25, 0.3) is 5.69 Å². The number of aryl methyl sites for hydroxylation is 1. The fraction of sp³-hybridized carbons (Fsp3) is 0.200. The fourth-order valence-electron chi connectivity index (χ4n) is 2.00. The highest BCUT2D eigenvalue weighted by atomic mass is 19.1. The van der Waals surface area contributed by atoms with Gasteiger partial charge in [-0.3, -0.25) is 10.1 Å². The lowest BCUT2D eigenvalue weighted by atomic mass is 10.1. The third kappa shape index (κ3) is 3.68. The Morgan fingerprint density at radius 2 is 2.05 bits per heavy atom. The Morgan fingerprint density at radius 1 is 1.29 bits per heavy atom. The normalized spacial score (nSPS) is 10.2. The maximum Gasteiger partial charge on any atom is 0.272 e. The number of hydrogen-bond acceptors (Lipinski definition) is 4. The molecule has 0 spiro atoms. The molecule has 21 heavy (non-hydrogen) atoms. The summed E-state index contributed by atoms with van der Waals surface area (Å²) in [7, 11) is 1.56. The van der Waals surface area contributed by atoms with E-state index in [0.29, 0.717) is 11.3 Å². The zero-order chi connectivity index (χ0) is 15.4. The molecule has 0 atom stereocenters. The molecule has 0 aliphatic heterocycles. The molecule has 0 radical (unpaired) electrons. The molecule has 5 nitrogen and oxygen atoms in total.